The van der Waals surface area contributed by atoms with E-state index in [1.54, 1.807) is 22.5 Å². The van der Waals surface area contributed by atoms with Gasteiger partial charge >= 0.3 is 0 Å². The maximum Gasteiger partial charge on any atom is 0.226 e. The predicted molar refractivity (Wildman–Crippen MR) is 88.5 cm³/mol. The molecule has 1 amide bonds. The van der Waals surface area contributed by atoms with Crippen molar-refractivity contribution < 1.29 is 9.53 Å². The first-order valence-corrected chi connectivity index (χ1v) is 8.56. The van der Waals surface area contributed by atoms with Crippen LogP contribution in [0.15, 0.2) is 24.1 Å². The van der Waals surface area contributed by atoms with Crippen molar-refractivity contribution in [2.75, 3.05) is 31.6 Å². The summed E-state index contributed by atoms with van der Waals surface area (Å²) in [5.41, 5.74) is 0.507. The summed E-state index contributed by atoms with van der Waals surface area (Å²) in [7, 11) is 0. The number of hydrogen-bond acceptors (Lipinski definition) is 7. The number of morpholine rings is 1. The van der Waals surface area contributed by atoms with Crippen LogP contribution in [0.5, 0.6) is 0 Å². The van der Waals surface area contributed by atoms with Gasteiger partial charge in [0.1, 0.15) is 23.7 Å². The molecule has 0 unspecified atom stereocenters. The van der Waals surface area contributed by atoms with Crippen LogP contribution in [0.1, 0.15) is 12.0 Å². The van der Waals surface area contributed by atoms with E-state index in [-0.39, 0.29) is 12.0 Å². The summed E-state index contributed by atoms with van der Waals surface area (Å²) in [6.07, 6.45) is 3.61. The number of thiophene rings is 1. The highest BCUT2D eigenvalue weighted by Crippen LogP contribution is 2.22. The van der Waals surface area contributed by atoms with E-state index in [0.717, 1.165) is 13.1 Å². The number of nitriles is 1. The van der Waals surface area contributed by atoms with Crippen molar-refractivity contribution in [3.8, 4) is 6.07 Å². The fraction of sp³-hybridized carbons (Fsp3) is 0.467. The van der Waals surface area contributed by atoms with Crippen LogP contribution in [0.25, 0.3) is 0 Å². The van der Waals surface area contributed by atoms with E-state index in [1.807, 2.05) is 0 Å². The Hall–Kier alpha value is -2.28. The Morgan fingerprint density at radius 1 is 1.58 bits per heavy atom. The molecule has 24 heavy (non-hydrogen) atoms. The van der Waals surface area contributed by atoms with Crippen LogP contribution in [-0.4, -0.2) is 57.9 Å². The number of anilines is 1. The fourth-order valence-electron chi connectivity index (χ4n) is 2.57. The largest absolute Gasteiger partial charge is 0.374 e. The van der Waals surface area contributed by atoms with Gasteiger partial charge in [-0.2, -0.15) is 10.4 Å². The lowest BCUT2D eigenvalue weighted by molar-refractivity contribution is -0.117. The Balaban J connectivity index is 1.44. The average Bonchev–Trinajstić information content (AvgIpc) is 3.25. The van der Waals surface area contributed by atoms with Gasteiger partial charge in [0.25, 0.3) is 0 Å². The molecular formula is C15H18N6O2S. The quantitative estimate of drug-likeness (QED) is 0.836. The van der Waals surface area contributed by atoms with Crippen LogP contribution in [0.3, 0.4) is 0 Å². The van der Waals surface area contributed by atoms with Gasteiger partial charge < -0.3 is 10.1 Å². The third kappa shape index (κ3) is 4.38. The summed E-state index contributed by atoms with van der Waals surface area (Å²) >= 11 is 1.36. The average molecular weight is 346 g/mol. The van der Waals surface area contributed by atoms with Crippen molar-refractivity contribution in [2.24, 2.45) is 0 Å². The van der Waals surface area contributed by atoms with E-state index in [2.05, 4.69) is 26.4 Å². The molecule has 0 aliphatic carbocycles. The van der Waals surface area contributed by atoms with Crippen LogP contribution in [0.2, 0.25) is 0 Å². The summed E-state index contributed by atoms with van der Waals surface area (Å²) < 4.78 is 7.49. The highest BCUT2D eigenvalue weighted by Gasteiger charge is 2.21. The Kier molecular flexibility index (Phi) is 5.53. The second-order valence-corrected chi connectivity index (χ2v) is 6.40. The summed E-state index contributed by atoms with van der Waals surface area (Å²) in [6, 6.07) is 3.77. The zero-order valence-corrected chi connectivity index (χ0v) is 13.9. The molecule has 2 aromatic rings. The topological polar surface area (TPSA) is 96.1 Å². The third-order valence-corrected chi connectivity index (χ3v) is 4.60. The molecule has 8 nitrogen and oxygen atoms in total. The van der Waals surface area contributed by atoms with E-state index >= 15 is 0 Å². The minimum Gasteiger partial charge on any atom is -0.374 e. The maximum atomic E-state index is 12.1. The van der Waals surface area contributed by atoms with Crippen molar-refractivity contribution in [1.29, 1.82) is 5.26 Å². The lowest BCUT2D eigenvalue weighted by atomic mass is 10.2. The second-order valence-electron chi connectivity index (χ2n) is 5.48. The molecule has 126 valence electrons. The molecule has 1 aliphatic heterocycles. The predicted octanol–water partition coefficient (Wildman–Crippen LogP) is 0.941. The number of ether oxygens (including phenoxy) is 1. The number of nitrogens with one attached hydrogen (secondary N) is 1. The minimum atomic E-state index is -0.0757. The van der Waals surface area contributed by atoms with Crippen molar-refractivity contribution >= 4 is 22.2 Å². The molecule has 0 radical (unpaired) electrons. The molecule has 1 aliphatic rings. The normalized spacial score (nSPS) is 18.2. The monoisotopic (exact) mass is 346 g/mol. The summed E-state index contributed by atoms with van der Waals surface area (Å²) in [5, 5.41) is 18.3. The molecule has 0 spiro atoms. The summed E-state index contributed by atoms with van der Waals surface area (Å²) in [6.45, 7) is 3.53. The second kappa shape index (κ2) is 8.01. The highest BCUT2D eigenvalue weighted by atomic mass is 32.1. The lowest BCUT2D eigenvalue weighted by Crippen LogP contribution is -2.45. The Morgan fingerprint density at radius 3 is 3.29 bits per heavy atom. The molecule has 0 aromatic carbocycles. The molecule has 1 atom stereocenters. The maximum absolute atomic E-state index is 12.1. The van der Waals surface area contributed by atoms with Crippen molar-refractivity contribution in [3.05, 3.63) is 29.7 Å². The van der Waals surface area contributed by atoms with Crippen LogP contribution >= 0.6 is 11.3 Å². The van der Waals surface area contributed by atoms with Gasteiger partial charge in [-0.25, -0.2) is 4.98 Å². The number of hydrogen-bond donors (Lipinski definition) is 1. The number of carbonyl (C=O) groups excluding carboxylic acids is 1. The number of rotatable bonds is 6. The molecule has 1 saturated heterocycles. The zero-order chi connectivity index (χ0) is 16.8. The van der Waals surface area contributed by atoms with E-state index in [4.69, 9.17) is 10.00 Å². The molecule has 1 fully saturated rings. The molecule has 3 heterocycles. The summed E-state index contributed by atoms with van der Waals surface area (Å²) in [5.74, 6) is -0.0757. The fourth-order valence-corrected chi connectivity index (χ4v) is 3.33. The van der Waals surface area contributed by atoms with E-state index in [0.29, 0.717) is 36.7 Å². The first-order chi connectivity index (χ1) is 11.7. The van der Waals surface area contributed by atoms with Gasteiger partial charge in [0.2, 0.25) is 5.91 Å². The van der Waals surface area contributed by atoms with Gasteiger partial charge in [0.15, 0.2) is 0 Å². The van der Waals surface area contributed by atoms with Crippen molar-refractivity contribution in [2.45, 2.75) is 19.1 Å². The van der Waals surface area contributed by atoms with Gasteiger partial charge in [-0.3, -0.25) is 14.4 Å². The van der Waals surface area contributed by atoms with Crippen molar-refractivity contribution in [3.63, 3.8) is 0 Å². The molecule has 1 N–H and O–H groups in total. The summed E-state index contributed by atoms with van der Waals surface area (Å²) in [4.78, 5) is 18.2. The van der Waals surface area contributed by atoms with Crippen LogP contribution in [-0.2, 0) is 16.1 Å². The first-order valence-electron chi connectivity index (χ1n) is 7.68. The number of amides is 1. The highest BCUT2D eigenvalue weighted by molar-refractivity contribution is 7.14. The Bertz CT molecular complexity index is 708. The Labute approximate surface area is 143 Å². The molecule has 3 rings (SSSR count). The van der Waals surface area contributed by atoms with Crippen molar-refractivity contribution in [1.82, 2.24) is 19.7 Å². The number of aromatic nitrogens is 3. The standard InChI is InChI=1S/C15H18N6O2S/c16-7-12-2-6-24-15(12)19-14(22)1-3-20-4-5-23-13(8-20)9-21-11-17-10-18-21/h2,6,10-11,13H,1,3-5,8-9H2,(H,19,22)/t13-/m0/s1. The molecule has 2 aromatic heterocycles. The van der Waals surface area contributed by atoms with Crippen LogP contribution in [0, 0.1) is 11.3 Å². The van der Waals surface area contributed by atoms with Gasteiger partial charge in [-0.15, -0.1) is 11.3 Å². The molecule has 0 bridgehead atoms. The van der Waals surface area contributed by atoms with E-state index in [9.17, 15) is 4.79 Å². The van der Waals surface area contributed by atoms with Crippen LogP contribution < -0.4 is 5.32 Å². The number of carbonyl (C=O) groups is 1. The van der Waals surface area contributed by atoms with Gasteiger partial charge in [0, 0.05) is 26.1 Å². The smallest absolute Gasteiger partial charge is 0.226 e. The minimum absolute atomic E-state index is 0.0472. The van der Waals surface area contributed by atoms with E-state index < -0.39 is 0 Å². The van der Waals surface area contributed by atoms with Gasteiger partial charge in [-0.05, 0) is 11.4 Å². The SMILES string of the molecule is N#Cc1ccsc1NC(=O)CCN1CCO[C@H](Cn2cncn2)C1. The van der Waals surface area contributed by atoms with Gasteiger partial charge in [0.05, 0.1) is 24.8 Å². The molecular weight excluding hydrogens is 328 g/mol. The third-order valence-electron chi connectivity index (χ3n) is 3.77. The Morgan fingerprint density at radius 2 is 2.50 bits per heavy atom. The number of nitrogens with zero attached hydrogens (tertiary/aromatic N) is 5. The van der Waals surface area contributed by atoms with Gasteiger partial charge in [-0.1, -0.05) is 0 Å². The zero-order valence-electron chi connectivity index (χ0n) is 13.1. The van der Waals surface area contributed by atoms with E-state index in [1.165, 1.54) is 17.7 Å². The molecule has 9 heteroatoms. The molecule has 0 saturated carbocycles. The lowest BCUT2D eigenvalue weighted by Gasteiger charge is -2.32. The first kappa shape index (κ1) is 16.6. The van der Waals surface area contributed by atoms with Crippen LogP contribution in [0.4, 0.5) is 5.00 Å².